The van der Waals surface area contributed by atoms with Crippen LogP contribution in [-0.4, -0.2) is 19.4 Å². The number of thiophene rings is 1. The van der Waals surface area contributed by atoms with Gasteiger partial charge in [0.1, 0.15) is 0 Å². The van der Waals surface area contributed by atoms with Crippen LogP contribution in [0.2, 0.25) is 0 Å². The topological polar surface area (TPSA) is 11.4 Å². The van der Waals surface area contributed by atoms with Crippen LogP contribution in [0.1, 0.15) is 83.1 Å². The van der Waals surface area contributed by atoms with Crippen molar-refractivity contribution in [3.8, 4) is 61.3 Å². The lowest BCUT2D eigenvalue weighted by atomic mass is 9.36. The van der Waals surface area contributed by atoms with Crippen LogP contribution in [0.5, 0.6) is 0 Å². The smallest absolute Gasteiger partial charge is 0.264 e. The van der Waals surface area contributed by atoms with E-state index >= 15 is 0 Å². The number of para-hydroxylation sites is 2. The molecule has 6 heteroatoms. The van der Waals surface area contributed by atoms with Gasteiger partial charge in [0.2, 0.25) is 0 Å². The van der Waals surface area contributed by atoms with Gasteiger partial charge in [0.15, 0.2) is 8.07 Å². The fraction of sp³-hybridized carbons (Fsp3) is 0.107. The maximum atomic E-state index is 12.2. The average Bonchev–Trinajstić information content (AvgIpc) is 1.66. The number of anilines is 6. The molecule has 0 N–H and O–H groups in total. The molecule has 3 nitrogen and oxygen atoms in total. The lowest BCUT2D eigenvalue weighted by Crippen LogP contribution is -2.75. The van der Waals surface area contributed by atoms with Crippen molar-refractivity contribution in [3.05, 3.63) is 399 Å². The third-order valence-electron chi connectivity index (χ3n) is 25.0. The van der Waals surface area contributed by atoms with E-state index < -0.39 is 14.8 Å². The van der Waals surface area contributed by atoms with E-state index in [0.717, 1.165) is 142 Å². The van der Waals surface area contributed by atoms with Gasteiger partial charge in [-0.25, -0.2) is 0 Å². The Bertz CT molecular complexity index is 7090. The minimum Gasteiger partial charge on any atom is -0.310 e. The first-order valence-electron chi connectivity index (χ1n) is 42.9. The van der Waals surface area contributed by atoms with Crippen molar-refractivity contribution < 1.29 is 4.11 Å². The molecule has 0 spiro atoms. The largest absolute Gasteiger partial charge is 0.310 e. The maximum Gasteiger partial charge on any atom is 0.264 e. The van der Waals surface area contributed by atoms with Gasteiger partial charge in [0, 0.05) is 70.6 Å². The first-order valence-corrected chi connectivity index (χ1v) is 44.2. The Balaban J connectivity index is 1.06. The highest BCUT2D eigenvalue weighted by Gasteiger charge is 2.52. The Morgan fingerprint density at radius 3 is 1.12 bits per heavy atom. The van der Waals surface area contributed by atoms with Gasteiger partial charge in [-0.05, 0) is 186 Å². The van der Waals surface area contributed by atoms with Crippen LogP contribution in [0.3, 0.4) is 0 Å². The third-order valence-corrected chi connectivity index (χ3v) is 31.1. The van der Waals surface area contributed by atoms with Crippen LogP contribution in [0.15, 0.2) is 382 Å². The van der Waals surface area contributed by atoms with Crippen molar-refractivity contribution in [2.24, 2.45) is 0 Å². The minimum atomic E-state index is -4.06. The Morgan fingerprint density at radius 1 is 0.314 bits per heavy atom. The summed E-state index contributed by atoms with van der Waals surface area (Å²) in [6.45, 7) is 20.1. The van der Waals surface area contributed by atoms with Crippen LogP contribution < -0.4 is 46.2 Å². The van der Waals surface area contributed by atoms with Gasteiger partial charge in [-0.1, -0.05) is 378 Å². The van der Waals surface area contributed by atoms with Gasteiger partial charge in [0.25, 0.3) is 6.71 Å². The Morgan fingerprint density at radius 2 is 0.686 bits per heavy atom. The van der Waals surface area contributed by atoms with Gasteiger partial charge in [-0.3, -0.25) is 0 Å². The molecular weight excluding hydrogens is 1460 g/mol. The summed E-state index contributed by atoms with van der Waals surface area (Å²) in [7, 11) is -4.06. The second-order valence-corrected chi connectivity index (χ2v) is 40.0. The van der Waals surface area contributed by atoms with Gasteiger partial charge >= 0.3 is 0 Å². The number of hydrogen-bond acceptors (Lipinski definition) is 3. The number of fused-ring (bicyclic) bond motifs is 11. The molecule has 0 amide bonds. The molecule has 21 rings (SSSR count). The highest BCUT2D eigenvalue weighted by atomic mass is 32.1. The predicted octanol–water partition coefficient (Wildman–Crippen LogP) is 26.0. The first kappa shape index (κ1) is 69.2. The fourth-order valence-electron chi connectivity index (χ4n) is 19.4. The van der Waals surface area contributed by atoms with Gasteiger partial charge in [0.05, 0.1) is 32.2 Å². The molecule has 0 fully saturated rings. The zero-order valence-corrected chi connectivity index (χ0v) is 69.8. The number of benzene rings is 17. The van der Waals surface area contributed by atoms with Crippen molar-refractivity contribution in [1.29, 1.82) is 0 Å². The summed E-state index contributed by atoms with van der Waals surface area (Å²) in [6.07, 6.45) is 0. The molecule has 2 aliphatic rings. The lowest BCUT2D eigenvalue weighted by Gasteiger charge is -2.46. The van der Waals surface area contributed by atoms with Crippen LogP contribution in [-0.2, 0) is 16.2 Å². The molecule has 4 heterocycles. The van der Waals surface area contributed by atoms with Crippen LogP contribution in [0.4, 0.5) is 34.1 Å². The zero-order chi connectivity index (χ0) is 82.5. The van der Waals surface area contributed by atoms with Gasteiger partial charge in [-0.15, -0.1) is 11.3 Å². The van der Waals surface area contributed by atoms with Gasteiger partial charge < -0.3 is 14.4 Å². The summed E-state index contributed by atoms with van der Waals surface area (Å²) in [5.41, 5.74) is 22.2. The first-order chi connectivity index (χ1) is 58.7. The number of rotatable bonds is 12. The van der Waals surface area contributed by atoms with Crippen molar-refractivity contribution in [2.45, 2.75) is 78.6 Å². The molecule has 0 saturated heterocycles. The maximum absolute atomic E-state index is 12.2. The highest BCUT2D eigenvalue weighted by molar-refractivity contribution is 7.34. The highest BCUT2D eigenvalue weighted by Crippen LogP contribution is 2.57. The second-order valence-electron chi connectivity index (χ2n) is 35.2. The minimum absolute atomic E-state index is 0.0145. The average molecular weight is 1550 g/mol. The summed E-state index contributed by atoms with van der Waals surface area (Å²) in [6, 6.07) is 136. The Kier molecular flexibility index (Phi) is 16.5. The quantitative estimate of drug-likeness (QED) is 0.0686. The van der Waals surface area contributed by atoms with E-state index in [1.54, 1.807) is 0 Å². The van der Waals surface area contributed by atoms with E-state index in [0.29, 0.717) is 16.8 Å². The second kappa shape index (κ2) is 28.1. The molecule has 2 aromatic heterocycles. The molecule has 118 heavy (non-hydrogen) atoms. The van der Waals surface area contributed by atoms with E-state index in [2.05, 4.69) is 441 Å². The van der Waals surface area contributed by atoms with E-state index in [1.807, 2.05) is 11.3 Å². The molecule has 0 unspecified atom stereocenters. The summed E-state index contributed by atoms with van der Waals surface area (Å²) >= 11 is 1.81. The zero-order valence-electron chi connectivity index (χ0n) is 71.0. The fourth-order valence-corrected chi connectivity index (χ4v) is 25.9. The number of nitrogens with zero attached hydrogens (tertiary/aromatic N) is 3. The molecule has 2 aliphatic heterocycles. The number of hydrogen-bond donors (Lipinski definition) is 0. The van der Waals surface area contributed by atoms with Gasteiger partial charge in [-0.2, -0.15) is 0 Å². The predicted molar refractivity (Wildman–Crippen MR) is 512 cm³/mol. The van der Waals surface area contributed by atoms with Crippen molar-refractivity contribution in [3.63, 3.8) is 0 Å². The molecule has 566 valence electrons. The van der Waals surface area contributed by atoms with E-state index in [9.17, 15) is 4.11 Å². The summed E-state index contributed by atoms with van der Waals surface area (Å²) < 4.78 is 39.6. The monoisotopic (exact) mass is 1550 g/mol. The molecule has 0 bridgehead atoms. The van der Waals surface area contributed by atoms with Crippen LogP contribution in [0, 0.1) is 0 Å². The Hall–Kier alpha value is -13.1. The molecule has 19 aromatic rings. The van der Waals surface area contributed by atoms with E-state index in [-0.39, 0.29) is 34.4 Å². The SMILES string of the molecule is [2H]c1c([2H])c(-n2c3ccccc3c3ccccc32)c([2H])c2c1B1c3sc4cc(C(C)(C)C)ccc4c3N(c3c(-c4ccccc4)cc(C(C)(C)C)cc3-c3ccccc3)c3cc([Si](c4ccccc4)(c4ccccc4)c4c5ccccc5c(-c5ccccc5)c5ccccc45)cc(c31)N2c1c(-c2ccccc2)cc(C(C)(C)C)cc1-c1ccccc1. The summed E-state index contributed by atoms with van der Waals surface area (Å²) in [5.74, 6) is 0. The van der Waals surface area contributed by atoms with Crippen molar-refractivity contribution in [2.75, 3.05) is 9.80 Å². The number of aromatic nitrogens is 1. The summed E-state index contributed by atoms with van der Waals surface area (Å²) in [5, 5.41) is 12.5. The van der Waals surface area contributed by atoms with Crippen LogP contribution in [0.25, 0.3) is 115 Å². The summed E-state index contributed by atoms with van der Waals surface area (Å²) in [4.78, 5) is 5.21. The lowest BCUT2D eigenvalue weighted by molar-refractivity contribution is 0.590. The molecule has 17 aromatic carbocycles. The Labute approximate surface area is 702 Å². The van der Waals surface area contributed by atoms with Crippen molar-refractivity contribution in [1.82, 2.24) is 4.57 Å². The molecular formula is C112H90BN3SSi. The van der Waals surface area contributed by atoms with Crippen molar-refractivity contribution >= 4 is 150 Å². The molecule has 0 aliphatic carbocycles. The standard InChI is InChI=1S/C112H90BN3SSi/c1-110(2,3)78-61-63-91-102(69-78)117-109-107(91)116(106-94(75-43-21-12-22-44-75)67-80(112(7,8)9)68-95(106)76-45-23-13-24-46-76)101-72-84(118(82-49-27-15-28-50-82,83-51-29-16-30-52-83)108-89-57-33-31-55-87(89)103(77-47-25-14-26-48-77)88-56-32-34-58-90(88)108)71-100-104(101)113(109)96-64-62-81(114-97-59-37-35-53-85(97)86-54-36-38-60-98(86)114)70-99(96)115(100)105-92(73-39-17-10-18-40-73)65-79(111(4,5)6)66-93(105)74-41-19-11-20-42-74/h10-72H,1-9H3/i62D,64D,70D. The third kappa shape index (κ3) is 11.6. The normalized spacial score (nSPS) is 13.3. The van der Waals surface area contributed by atoms with Crippen LogP contribution >= 0.6 is 11.3 Å². The van der Waals surface area contributed by atoms with E-state index in [4.69, 9.17) is 0 Å². The van der Waals surface area contributed by atoms with E-state index in [1.165, 1.54) is 43.0 Å². The molecule has 0 radical (unpaired) electrons. The molecule has 0 atom stereocenters. The molecule has 0 saturated carbocycles.